The Bertz CT molecular complexity index is 3680. The zero-order valence-electron chi connectivity index (χ0n) is 34.8. The molecule has 0 atom stereocenters. The molecule has 3 heteroatoms. The molecule has 0 spiro atoms. The van der Waals surface area contributed by atoms with Crippen molar-refractivity contribution in [1.82, 2.24) is 0 Å². The van der Waals surface area contributed by atoms with Gasteiger partial charge >= 0.3 is 0 Å². The highest BCUT2D eigenvalue weighted by Crippen LogP contribution is 2.60. The summed E-state index contributed by atoms with van der Waals surface area (Å²) in [5, 5.41) is 4.77. The Morgan fingerprint density at radius 3 is 1.78 bits per heavy atom. The molecule has 0 aliphatic heterocycles. The summed E-state index contributed by atoms with van der Waals surface area (Å²) in [6.07, 6.45) is 0. The molecule has 0 radical (unpaired) electrons. The summed E-state index contributed by atoms with van der Waals surface area (Å²) in [7, 11) is 0. The Kier molecular flexibility index (Phi) is 8.34. The van der Waals surface area contributed by atoms with Gasteiger partial charge in [0.05, 0.1) is 16.8 Å². The van der Waals surface area contributed by atoms with Crippen LogP contribution in [0.2, 0.25) is 0 Å². The van der Waals surface area contributed by atoms with E-state index in [1.165, 1.54) is 53.6 Å². The minimum absolute atomic E-state index is 0.515. The van der Waals surface area contributed by atoms with Crippen LogP contribution in [-0.4, -0.2) is 0 Å². The second kappa shape index (κ2) is 14.6. The molecule has 64 heavy (non-hydrogen) atoms. The number of thiophene rings is 1. The van der Waals surface area contributed by atoms with Crippen LogP contribution < -0.4 is 4.90 Å². The van der Waals surface area contributed by atoms with Crippen LogP contribution >= 0.6 is 11.3 Å². The Hall–Kier alpha value is -7.98. The summed E-state index contributed by atoms with van der Waals surface area (Å²) < 4.78 is 9.12. The van der Waals surface area contributed by atoms with Crippen molar-refractivity contribution in [1.29, 1.82) is 0 Å². The van der Waals surface area contributed by atoms with E-state index in [9.17, 15) is 0 Å². The van der Waals surface area contributed by atoms with E-state index in [1.807, 2.05) is 11.3 Å². The topological polar surface area (TPSA) is 16.4 Å². The fourth-order valence-electron chi connectivity index (χ4n) is 10.6. The van der Waals surface area contributed by atoms with Crippen LogP contribution in [0.25, 0.3) is 75.5 Å². The molecule has 1 aliphatic carbocycles. The number of benzene rings is 10. The smallest absolute Gasteiger partial charge is 0.143 e. The van der Waals surface area contributed by atoms with Crippen molar-refractivity contribution in [2.45, 2.75) is 5.41 Å². The van der Waals surface area contributed by atoms with Gasteiger partial charge in [-0.25, -0.2) is 0 Å². The number of rotatable bonds is 7. The maximum absolute atomic E-state index is 6.56. The van der Waals surface area contributed by atoms with Gasteiger partial charge in [0.25, 0.3) is 0 Å². The third-order valence-corrected chi connectivity index (χ3v) is 14.5. The first-order chi connectivity index (χ1) is 31.8. The first-order valence-corrected chi connectivity index (χ1v) is 22.7. The van der Waals surface area contributed by atoms with Crippen molar-refractivity contribution in [2.24, 2.45) is 0 Å². The minimum Gasteiger partial charge on any atom is -0.455 e. The lowest BCUT2D eigenvalue weighted by Crippen LogP contribution is -2.28. The van der Waals surface area contributed by atoms with Crippen LogP contribution in [-0.2, 0) is 5.41 Å². The highest BCUT2D eigenvalue weighted by Gasteiger charge is 2.47. The Morgan fingerprint density at radius 1 is 0.391 bits per heavy atom. The molecule has 0 unspecified atom stereocenters. The minimum atomic E-state index is -0.515. The van der Waals surface area contributed by atoms with Crippen LogP contribution in [0.4, 0.5) is 17.1 Å². The van der Waals surface area contributed by atoms with Gasteiger partial charge in [0, 0.05) is 47.8 Å². The predicted octanol–water partition coefficient (Wildman–Crippen LogP) is 17.1. The molecule has 0 fully saturated rings. The first-order valence-electron chi connectivity index (χ1n) is 21.9. The third kappa shape index (κ3) is 5.44. The molecule has 0 bridgehead atoms. The second-order valence-corrected chi connectivity index (χ2v) is 17.8. The molecule has 12 aromatic rings. The van der Waals surface area contributed by atoms with Gasteiger partial charge in [-0.1, -0.05) is 188 Å². The first kappa shape index (κ1) is 36.7. The van der Waals surface area contributed by atoms with Crippen molar-refractivity contribution in [2.75, 3.05) is 4.90 Å². The van der Waals surface area contributed by atoms with E-state index in [4.69, 9.17) is 4.42 Å². The van der Waals surface area contributed by atoms with Crippen LogP contribution in [0.15, 0.2) is 241 Å². The Labute approximate surface area is 375 Å². The monoisotopic (exact) mass is 833 g/mol. The lowest BCUT2D eigenvalue weighted by Gasteiger charge is -2.34. The maximum Gasteiger partial charge on any atom is 0.143 e. The van der Waals surface area contributed by atoms with Crippen molar-refractivity contribution < 1.29 is 4.42 Å². The molecule has 0 N–H and O–H groups in total. The summed E-state index contributed by atoms with van der Waals surface area (Å²) in [5.41, 5.74) is 16.8. The summed E-state index contributed by atoms with van der Waals surface area (Å²) in [5.74, 6) is 0. The summed E-state index contributed by atoms with van der Waals surface area (Å²) in [6.45, 7) is 0. The van der Waals surface area contributed by atoms with Crippen molar-refractivity contribution in [3.8, 4) is 33.4 Å². The highest BCUT2D eigenvalue weighted by atomic mass is 32.1. The predicted molar refractivity (Wildman–Crippen MR) is 269 cm³/mol. The molecule has 1 aliphatic rings. The van der Waals surface area contributed by atoms with Gasteiger partial charge in [-0.3, -0.25) is 0 Å². The number of furan rings is 1. The quantitative estimate of drug-likeness (QED) is 0.159. The lowest BCUT2D eigenvalue weighted by molar-refractivity contribution is 0.670. The van der Waals surface area contributed by atoms with Crippen LogP contribution in [0.5, 0.6) is 0 Å². The summed E-state index contributed by atoms with van der Waals surface area (Å²) >= 11 is 1.86. The molecule has 10 aromatic carbocycles. The SMILES string of the molecule is c1ccc(-c2cccc3c2oc2ccc(-c4ccc(N(c5cccc6c5-c5ccccc5C6(c5ccccc5)c5ccccc5)c5cccc6sc7ccccc7c56)cc4)cc23)cc1. The van der Waals surface area contributed by atoms with Crippen LogP contribution in [0.3, 0.4) is 0 Å². The van der Waals surface area contributed by atoms with E-state index in [1.54, 1.807) is 0 Å². The Morgan fingerprint density at radius 2 is 0.984 bits per heavy atom. The van der Waals surface area contributed by atoms with E-state index < -0.39 is 5.41 Å². The van der Waals surface area contributed by atoms with Crippen LogP contribution in [0.1, 0.15) is 22.3 Å². The second-order valence-electron chi connectivity index (χ2n) is 16.7. The zero-order valence-corrected chi connectivity index (χ0v) is 35.6. The van der Waals surface area contributed by atoms with Crippen molar-refractivity contribution in [3.63, 3.8) is 0 Å². The fraction of sp³-hybridized carbons (Fsp3) is 0.0164. The maximum atomic E-state index is 6.56. The van der Waals surface area contributed by atoms with Gasteiger partial charge < -0.3 is 9.32 Å². The molecule has 13 rings (SSSR count). The molecule has 0 amide bonds. The Balaban J connectivity index is 1.02. The molecular weight excluding hydrogens is 795 g/mol. The molecular formula is C61H39NOS. The number of anilines is 3. The largest absolute Gasteiger partial charge is 0.455 e. The average Bonchev–Trinajstić information content (AvgIpc) is 4.04. The zero-order chi connectivity index (χ0) is 42.2. The standard InChI is InChI=1S/C61H39NOS/c1-4-17-41(18-5-1)46-25-14-26-47-50-39-42(35-38-55(50)63-60(46)47)40-33-36-45(37-34-40)62(54-30-16-32-57-59(54)49-24-11-13-31-56(49)64-57)53-29-15-28-52-58(53)48-23-10-12-27-51(48)61(52,43-19-6-2-7-20-43)44-21-8-3-9-22-44/h1-39H. The van der Waals surface area contributed by atoms with Gasteiger partial charge in [0.2, 0.25) is 0 Å². The number of fused-ring (bicyclic) bond motifs is 9. The normalized spacial score (nSPS) is 12.8. The van der Waals surface area contributed by atoms with Gasteiger partial charge in [-0.2, -0.15) is 0 Å². The average molecular weight is 834 g/mol. The van der Waals surface area contributed by atoms with Crippen molar-refractivity contribution >= 4 is 70.5 Å². The van der Waals surface area contributed by atoms with E-state index in [-0.39, 0.29) is 0 Å². The van der Waals surface area contributed by atoms with E-state index in [2.05, 4.69) is 241 Å². The lowest BCUT2D eigenvalue weighted by atomic mass is 9.68. The number of para-hydroxylation sites is 1. The van der Waals surface area contributed by atoms with E-state index >= 15 is 0 Å². The van der Waals surface area contributed by atoms with E-state index in [0.717, 1.165) is 61.3 Å². The summed E-state index contributed by atoms with van der Waals surface area (Å²) in [6, 6.07) is 86.5. The number of hydrogen-bond donors (Lipinski definition) is 0. The number of nitrogens with zero attached hydrogens (tertiary/aromatic N) is 1. The number of hydrogen-bond acceptors (Lipinski definition) is 3. The van der Waals surface area contributed by atoms with Crippen molar-refractivity contribution in [3.05, 3.63) is 259 Å². The fourth-order valence-corrected chi connectivity index (χ4v) is 11.8. The van der Waals surface area contributed by atoms with Gasteiger partial charge in [-0.05, 0) is 93.0 Å². The van der Waals surface area contributed by atoms with Gasteiger partial charge in [0.1, 0.15) is 11.2 Å². The van der Waals surface area contributed by atoms with Crippen LogP contribution in [0, 0.1) is 0 Å². The molecule has 2 heterocycles. The third-order valence-electron chi connectivity index (χ3n) is 13.4. The molecule has 0 saturated heterocycles. The van der Waals surface area contributed by atoms with Gasteiger partial charge in [-0.15, -0.1) is 11.3 Å². The molecule has 2 aromatic heterocycles. The highest BCUT2D eigenvalue weighted by molar-refractivity contribution is 7.26. The summed E-state index contributed by atoms with van der Waals surface area (Å²) in [4.78, 5) is 2.52. The molecule has 0 saturated carbocycles. The molecule has 300 valence electrons. The van der Waals surface area contributed by atoms with Gasteiger partial charge in [0.15, 0.2) is 0 Å². The van der Waals surface area contributed by atoms with E-state index in [0.29, 0.717) is 0 Å². The molecule has 2 nitrogen and oxygen atoms in total.